The third kappa shape index (κ3) is 6.64. The van der Waals surface area contributed by atoms with Crippen LogP contribution in [-0.2, 0) is 14.3 Å². The number of phenols is 1. The standard InChI is InChI=1S/C53H74N2O6/c1-30(23-42(58)48-52(7,61-48)39-20-12-19-37(39)32-13-10-17-35(54)24-32)45-40-21-22-44-51(6,50(40,5)28-43(45)59)27-41(55-29-31(2)56)46-49(3,4)47(60)38(33-14-11-18-36(57)25-33)26-53(44,46)34-15-8-9-16-34/h10-11,13-14,17-18,24-25,30-31,34,37-39,41-42,44,46,48,55-58H,8-9,12,15-16,19-23,26-29,54H2,1-7H3/t30-,31+,37+,38+,39-,41+,42-,44+,46+,48-,50+,51+,52-,53-/m1/s1. The number of aliphatic hydroxyl groups excluding tert-OH is 2. The van der Waals surface area contributed by atoms with Crippen LogP contribution in [0.5, 0.6) is 5.75 Å². The smallest absolute Gasteiger partial charge is 0.159 e. The molecule has 6 aliphatic carbocycles. The summed E-state index contributed by atoms with van der Waals surface area (Å²) in [6, 6.07) is 15.7. The Balaban J connectivity index is 1.06. The highest BCUT2D eigenvalue weighted by atomic mass is 16.6. The number of phenolic OH excluding ortho intramolecular Hbond substituents is 1. The molecular weight excluding hydrogens is 761 g/mol. The van der Waals surface area contributed by atoms with Gasteiger partial charge in [0.2, 0.25) is 0 Å². The summed E-state index contributed by atoms with van der Waals surface area (Å²) in [7, 11) is 0. The van der Waals surface area contributed by atoms with Gasteiger partial charge in [0, 0.05) is 41.4 Å². The average molecular weight is 835 g/mol. The molecule has 2 aromatic carbocycles. The summed E-state index contributed by atoms with van der Waals surface area (Å²) in [5, 5.41) is 37.3. The number of hydrogen-bond donors (Lipinski definition) is 5. The summed E-state index contributed by atoms with van der Waals surface area (Å²) < 4.78 is 6.52. The molecular formula is C53H74N2O6. The summed E-state index contributed by atoms with van der Waals surface area (Å²) >= 11 is 0. The van der Waals surface area contributed by atoms with Crippen LogP contribution in [-0.4, -0.2) is 63.4 Å². The van der Waals surface area contributed by atoms with Crippen LogP contribution in [0.15, 0.2) is 59.7 Å². The molecule has 0 bridgehead atoms. The number of hydrogen-bond acceptors (Lipinski definition) is 8. The minimum atomic E-state index is -0.673. The van der Waals surface area contributed by atoms with Gasteiger partial charge in [-0.15, -0.1) is 0 Å². The van der Waals surface area contributed by atoms with Crippen molar-refractivity contribution in [2.75, 3.05) is 12.3 Å². The Morgan fingerprint density at radius 3 is 2.31 bits per heavy atom. The molecule has 8 nitrogen and oxygen atoms in total. The van der Waals surface area contributed by atoms with Crippen molar-refractivity contribution in [3.63, 3.8) is 0 Å². The Hall–Kier alpha value is -3.04. The minimum absolute atomic E-state index is 0.0217. The molecule has 6 N–H and O–H groups in total. The van der Waals surface area contributed by atoms with Gasteiger partial charge >= 0.3 is 0 Å². The van der Waals surface area contributed by atoms with E-state index >= 15 is 4.79 Å². The van der Waals surface area contributed by atoms with Gasteiger partial charge in [-0.25, -0.2) is 0 Å². The fourth-order valence-corrected chi connectivity index (χ4v) is 16.5. The molecule has 0 spiro atoms. The lowest BCUT2D eigenvalue weighted by molar-refractivity contribution is -0.217. The first-order chi connectivity index (χ1) is 28.9. The van der Waals surface area contributed by atoms with Crippen molar-refractivity contribution < 1.29 is 29.6 Å². The number of ether oxygens (including phenoxy) is 1. The zero-order valence-electron chi connectivity index (χ0n) is 38.0. The van der Waals surface area contributed by atoms with Gasteiger partial charge in [0.25, 0.3) is 0 Å². The first kappa shape index (κ1) is 43.2. The number of nitrogens with two attached hydrogens (primary N) is 1. The molecule has 1 aliphatic heterocycles. The first-order valence-corrected chi connectivity index (χ1v) is 24.1. The lowest BCUT2D eigenvalue weighted by Gasteiger charge is -2.72. The van der Waals surface area contributed by atoms with E-state index in [1.54, 1.807) is 6.07 Å². The second-order valence-corrected chi connectivity index (χ2v) is 22.7. The van der Waals surface area contributed by atoms with E-state index in [4.69, 9.17) is 10.5 Å². The molecule has 332 valence electrons. The van der Waals surface area contributed by atoms with E-state index < -0.39 is 23.2 Å². The molecule has 14 atom stereocenters. The van der Waals surface area contributed by atoms with Gasteiger partial charge in [-0.3, -0.25) is 9.59 Å². The number of aliphatic hydroxyl groups is 2. The van der Waals surface area contributed by atoms with Gasteiger partial charge in [-0.2, -0.15) is 0 Å². The van der Waals surface area contributed by atoms with Gasteiger partial charge < -0.3 is 31.1 Å². The van der Waals surface area contributed by atoms with E-state index in [9.17, 15) is 20.1 Å². The number of aromatic hydroxyl groups is 1. The number of nitrogens with one attached hydrogen (secondary N) is 1. The van der Waals surface area contributed by atoms with Crippen LogP contribution in [0.2, 0.25) is 0 Å². The van der Waals surface area contributed by atoms with Crippen LogP contribution < -0.4 is 11.1 Å². The van der Waals surface area contributed by atoms with Gasteiger partial charge in [-0.05, 0) is 159 Å². The number of epoxide rings is 1. The number of Topliss-reactive ketones (excluding diaryl/α,β-unsaturated/α-hetero) is 2. The minimum Gasteiger partial charge on any atom is -0.508 e. The third-order valence-corrected chi connectivity index (χ3v) is 19.1. The van der Waals surface area contributed by atoms with Crippen molar-refractivity contribution in [1.82, 2.24) is 5.32 Å². The zero-order chi connectivity index (χ0) is 43.4. The van der Waals surface area contributed by atoms with Crippen LogP contribution in [0.3, 0.4) is 0 Å². The molecule has 6 fully saturated rings. The summed E-state index contributed by atoms with van der Waals surface area (Å²) in [6.07, 6.45) is 10.9. The molecule has 0 aromatic heterocycles. The summed E-state index contributed by atoms with van der Waals surface area (Å²) in [6.45, 7) is 15.9. The predicted octanol–water partition coefficient (Wildman–Crippen LogP) is 9.41. The maximum absolute atomic E-state index is 15.0. The number of rotatable bonds is 11. The Morgan fingerprint density at radius 1 is 0.885 bits per heavy atom. The second kappa shape index (κ2) is 15.3. The van der Waals surface area contributed by atoms with Gasteiger partial charge in [0.1, 0.15) is 17.6 Å². The van der Waals surface area contributed by atoms with Crippen LogP contribution in [0, 0.1) is 51.2 Å². The van der Waals surface area contributed by atoms with Crippen LogP contribution >= 0.6 is 0 Å². The van der Waals surface area contributed by atoms with Crippen molar-refractivity contribution in [3.05, 3.63) is 70.8 Å². The Labute approximate surface area is 364 Å². The van der Waals surface area contributed by atoms with Crippen LogP contribution in [0.1, 0.15) is 155 Å². The van der Waals surface area contributed by atoms with Crippen molar-refractivity contribution in [2.24, 2.45) is 51.2 Å². The normalized spacial score (nSPS) is 41.0. The second-order valence-electron chi connectivity index (χ2n) is 22.7. The predicted molar refractivity (Wildman–Crippen MR) is 240 cm³/mol. The number of nitrogen functional groups attached to an aromatic ring is 1. The highest BCUT2D eigenvalue weighted by Gasteiger charge is 2.74. The number of allylic oxidation sites excluding steroid dienone is 2. The molecule has 2 aromatic rings. The molecule has 5 saturated carbocycles. The van der Waals surface area contributed by atoms with Gasteiger partial charge in [0.15, 0.2) is 5.78 Å². The van der Waals surface area contributed by atoms with Crippen LogP contribution in [0.25, 0.3) is 0 Å². The van der Waals surface area contributed by atoms with Crippen molar-refractivity contribution in [1.29, 1.82) is 0 Å². The van der Waals surface area contributed by atoms with Crippen molar-refractivity contribution in [3.8, 4) is 5.75 Å². The van der Waals surface area contributed by atoms with E-state index in [1.165, 1.54) is 24.0 Å². The Bertz CT molecular complexity index is 2070. The number of ketones is 2. The maximum atomic E-state index is 15.0. The highest BCUT2D eigenvalue weighted by molar-refractivity contribution is 6.00. The number of fused-ring (bicyclic) bond motifs is 5. The fourth-order valence-electron chi connectivity index (χ4n) is 16.5. The molecule has 1 saturated heterocycles. The summed E-state index contributed by atoms with van der Waals surface area (Å²) in [4.78, 5) is 29.8. The van der Waals surface area contributed by atoms with Crippen molar-refractivity contribution in [2.45, 2.75) is 174 Å². The molecule has 7 aliphatic rings. The molecule has 61 heavy (non-hydrogen) atoms. The molecule has 9 rings (SSSR count). The number of carbonyl (C=O) groups excluding carboxylic acids is 2. The molecule has 0 amide bonds. The van der Waals surface area contributed by atoms with E-state index in [-0.39, 0.29) is 69.4 Å². The topological polar surface area (TPSA) is 145 Å². The molecule has 0 radical (unpaired) electrons. The Kier molecular flexibility index (Phi) is 10.8. The number of benzene rings is 2. The van der Waals surface area contributed by atoms with E-state index in [0.29, 0.717) is 37.1 Å². The number of anilines is 1. The highest BCUT2D eigenvalue weighted by Crippen LogP contribution is 2.77. The van der Waals surface area contributed by atoms with E-state index in [1.807, 2.05) is 37.3 Å². The largest absolute Gasteiger partial charge is 0.508 e. The third-order valence-electron chi connectivity index (χ3n) is 19.1. The monoisotopic (exact) mass is 835 g/mol. The molecule has 1 heterocycles. The quantitative estimate of drug-likeness (QED) is 0.111. The van der Waals surface area contributed by atoms with E-state index in [0.717, 1.165) is 74.6 Å². The zero-order valence-corrected chi connectivity index (χ0v) is 38.0. The number of carbonyl (C=O) groups is 2. The summed E-state index contributed by atoms with van der Waals surface area (Å²) in [5.74, 6) is 1.70. The average Bonchev–Trinajstić information content (AvgIpc) is 3.63. The SMILES string of the molecule is C[C@H](O)CN[C@H]1C[C@@]2(C)[C@H](CCC3=C([C@H](C)C[C@@H](O)[C@H]4O[C@]4(C)[C@@H]4CCC[C@H]4c4cccc(N)c4)C(=O)C[C@@]32C)[C@]2(C3CCCC3)C[C@@H](c3cccc(O)c3)C(=O)C(C)(C)[C@H]12. The maximum Gasteiger partial charge on any atom is 0.159 e. The first-order valence-electron chi connectivity index (χ1n) is 24.1. The lowest BCUT2D eigenvalue weighted by Crippen LogP contribution is -2.72. The van der Waals surface area contributed by atoms with Gasteiger partial charge in [-0.1, -0.05) is 83.7 Å². The van der Waals surface area contributed by atoms with Crippen LogP contribution in [0.4, 0.5) is 5.69 Å². The van der Waals surface area contributed by atoms with E-state index in [2.05, 4.69) is 59.0 Å². The fraction of sp³-hybridized carbons (Fsp3) is 0.698. The molecule has 0 unspecified atom stereocenters. The van der Waals surface area contributed by atoms with Crippen molar-refractivity contribution >= 4 is 17.3 Å². The molecule has 8 heteroatoms. The lowest BCUT2D eigenvalue weighted by atomic mass is 9.32. The van der Waals surface area contributed by atoms with Gasteiger partial charge in [0.05, 0.1) is 17.8 Å². The Morgan fingerprint density at radius 2 is 1.61 bits per heavy atom. The summed E-state index contributed by atoms with van der Waals surface area (Å²) in [5.41, 5.74) is 9.52.